The van der Waals surface area contributed by atoms with Crippen molar-refractivity contribution >= 4 is 15.9 Å². The van der Waals surface area contributed by atoms with Gasteiger partial charge in [-0.2, -0.15) is 0 Å². The van der Waals surface area contributed by atoms with E-state index in [-0.39, 0.29) is 17.1 Å². The second kappa shape index (κ2) is 5.37. The number of ether oxygens (including phenoxy) is 1. The van der Waals surface area contributed by atoms with Gasteiger partial charge in [0.15, 0.2) is 0 Å². The predicted molar refractivity (Wildman–Crippen MR) is 78.4 cm³/mol. The topological polar surface area (TPSA) is 55.0 Å². The van der Waals surface area contributed by atoms with E-state index in [0.717, 1.165) is 18.5 Å². The lowest BCUT2D eigenvalue weighted by Gasteiger charge is -2.29. The van der Waals surface area contributed by atoms with Crippen LogP contribution in [0, 0.1) is 5.41 Å². The molecule has 1 aliphatic rings. The second-order valence-electron chi connectivity index (χ2n) is 6.13. The van der Waals surface area contributed by atoms with Crippen molar-refractivity contribution in [2.24, 2.45) is 5.41 Å². The maximum atomic E-state index is 12.0. The molecule has 19 heavy (non-hydrogen) atoms. The van der Waals surface area contributed by atoms with Crippen molar-refractivity contribution in [3.63, 3.8) is 0 Å². The SMILES string of the molecule is CCOC(c1nc(C2CC2)c(Br)c(=O)[nH]1)C(C)(C)C. The van der Waals surface area contributed by atoms with Crippen molar-refractivity contribution in [3.8, 4) is 0 Å². The summed E-state index contributed by atoms with van der Waals surface area (Å²) >= 11 is 3.35. The summed E-state index contributed by atoms with van der Waals surface area (Å²) in [6, 6.07) is 0. The van der Waals surface area contributed by atoms with Gasteiger partial charge in [-0.25, -0.2) is 4.98 Å². The lowest BCUT2D eigenvalue weighted by atomic mass is 9.88. The standard InChI is InChI=1S/C14H21BrN2O2/c1-5-19-11(14(2,3)4)12-16-10(8-6-7-8)9(15)13(18)17-12/h8,11H,5-7H2,1-4H3,(H,16,17,18). The Hall–Kier alpha value is -0.680. The molecule has 1 saturated carbocycles. The summed E-state index contributed by atoms with van der Waals surface area (Å²) in [5.74, 6) is 1.07. The first-order valence-corrected chi connectivity index (χ1v) is 7.55. The zero-order valence-electron chi connectivity index (χ0n) is 11.9. The van der Waals surface area contributed by atoms with Crippen LogP contribution in [0.25, 0.3) is 0 Å². The normalized spacial score (nSPS) is 17.5. The van der Waals surface area contributed by atoms with Crippen molar-refractivity contribution in [1.29, 1.82) is 0 Å². The first-order valence-electron chi connectivity index (χ1n) is 6.75. The van der Waals surface area contributed by atoms with Crippen LogP contribution in [0.3, 0.4) is 0 Å². The second-order valence-corrected chi connectivity index (χ2v) is 6.92. The molecule has 1 atom stereocenters. The first kappa shape index (κ1) is 14.7. The fourth-order valence-electron chi connectivity index (χ4n) is 2.15. The smallest absolute Gasteiger partial charge is 0.265 e. The first-order chi connectivity index (χ1) is 8.84. The Kier molecular flexibility index (Phi) is 4.16. The summed E-state index contributed by atoms with van der Waals surface area (Å²) in [7, 11) is 0. The number of hydrogen-bond acceptors (Lipinski definition) is 3. The molecule has 1 heterocycles. The summed E-state index contributed by atoms with van der Waals surface area (Å²) in [5, 5.41) is 0. The molecule has 0 spiro atoms. The summed E-state index contributed by atoms with van der Waals surface area (Å²) in [6.45, 7) is 8.82. The molecular weight excluding hydrogens is 308 g/mol. The molecule has 1 fully saturated rings. The van der Waals surface area contributed by atoms with Crippen LogP contribution in [0.15, 0.2) is 9.27 Å². The minimum atomic E-state index is -0.198. The van der Waals surface area contributed by atoms with Gasteiger partial charge in [-0.3, -0.25) is 4.79 Å². The zero-order valence-corrected chi connectivity index (χ0v) is 13.5. The molecule has 1 aromatic heterocycles. The average molecular weight is 329 g/mol. The molecule has 0 aromatic carbocycles. The highest BCUT2D eigenvalue weighted by Crippen LogP contribution is 2.42. The van der Waals surface area contributed by atoms with Gasteiger partial charge in [-0.05, 0) is 41.1 Å². The molecule has 106 valence electrons. The van der Waals surface area contributed by atoms with Crippen molar-refractivity contribution in [1.82, 2.24) is 9.97 Å². The molecule has 1 aliphatic carbocycles. The summed E-state index contributed by atoms with van der Waals surface area (Å²) in [4.78, 5) is 19.5. The van der Waals surface area contributed by atoms with E-state index in [1.54, 1.807) is 0 Å². The molecule has 0 amide bonds. The van der Waals surface area contributed by atoms with Crippen LogP contribution in [0.4, 0.5) is 0 Å². The maximum absolute atomic E-state index is 12.0. The van der Waals surface area contributed by atoms with Crippen molar-refractivity contribution in [2.45, 2.75) is 52.6 Å². The van der Waals surface area contributed by atoms with Crippen LogP contribution in [-0.4, -0.2) is 16.6 Å². The molecule has 0 radical (unpaired) electrons. The van der Waals surface area contributed by atoms with Gasteiger partial charge in [0, 0.05) is 12.5 Å². The monoisotopic (exact) mass is 328 g/mol. The van der Waals surface area contributed by atoms with Crippen molar-refractivity contribution in [2.75, 3.05) is 6.61 Å². The van der Waals surface area contributed by atoms with Crippen LogP contribution >= 0.6 is 15.9 Å². The minimum absolute atomic E-state index is 0.110. The molecule has 1 aromatic rings. The summed E-state index contributed by atoms with van der Waals surface area (Å²) in [6.07, 6.45) is 2.03. The van der Waals surface area contributed by atoms with Gasteiger partial charge in [0.05, 0.1) is 5.69 Å². The van der Waals surface area contributed by atoms with Gasteiger partial charge in [-0.15, -0.1) is 0 Å². The van der Waals surface area contributed by atoms with Gasteiger partial charge in [0.2, 0.25) is 0 Å². The van der Waals surface area contributed by atoms with E-state index in [2.05, 4.69) is 46.7 Å². The Morgan fingerprint density at radius 1 is 1.47 bits per heavy atom. The molecular formula is C14H21BrN2O2. The Morgan fingerprint density at radius 2 is 2.11 bits per heavy atom. The highest BCUT2D eigenvalue weighted by Gasteiger charge is 2.33. The third-order valence-electron chi connectivity index (χ3n) is 3.24. The van der Waals surface area contributed by atoms with Crippen LogP contribution in [-0.2, 0) is 4.74 Å². The molecule has 5 heteroatoms. The van der Waals surface area contributed by atoms with E-state index in [1.807, 2.05) is 6.92 Å². The Labute approximate surface area is 122 Å². The summed E-state index contributed by atoms with van der Waals surface area (Å²) < 4.78 is 6.37. The van der Waals surface area contributed by atoms with Gasteiger partial charge >= 0.3 is 0 Å². The number of hydrogen-bond donors (Lipinski definition) is 1. The number of halogens is 1. The van der Waals surface area contributed by atoms with E-state index in [1.165, 1.54) is 0 Å². The lowest BCUT2D eigenvalue weighted by molar-refractivity contribution is -0.0194. The molecule has 0 bridgehead atoms. The largest absolute Gasteiger partial charge is 0.370 e. The molecule has 1 unspecified atom stereocenters. The predicted octanol–water partition coefficient (Wildman–Crippen LogP) is 3.53. The average Bonchev–Trinajstić information content (AvgIpc) is 3.12. The number of nitrogens with zero attached hydrogens (tertiary/aromatic N) is 1. The van der Waals surface area contributed by atoms with E-state index in [4.69, 9.17) is 4.74 Å². The molecule has 1 N–H and O–H groups in total. The van der Waals surface area contributed by atoms with E-state index >= 15 is 0 Å². The summed E-state index contributed by atoms with van der Waals surface area (Å²) in [5.41, 5.74) is 0.661. The van der Waals surface area contributed by atoms with E-state index < -0.39 is 0 Å². The van der Waals surface area contributed by atoms with Crippen LogP contribution in [0.5, 0.6) is 0 Å². The fourth-order valence-corrected chi connectivity index (χ4v) is 2.66. The maximum Gasteiger partial charge on any atom is 0.265 e. The van der Waals surface area contributed by atoms with Gasteiger partial charge in [-0.1, -0.05) is 20.8 Å². The van der Waals surface area contributed by atoms with Crippen LogP contribution in [0.2, 0.25) is 0 Å². The number of nitrogens with one attached hydrogen (secondary N) is 1. The van der Waals surface area contributed by atoms with Gasteiger partial charge < -0.3 is 9.72 Å². The van der Waals surface area contributed by atoms with Gasteiger partial charge in [0.25, 0.3) is 5.56 Å². The highest BCUT2D eigenvalue weighted by atomic mass is 79.9. The molecule has 0 saturated heterocycles. The van der Waals surface area contributed by atoms with Crippen LogP contribution in [0.1, 0.15) is 64.1 Å². The van der Waals surface area contributed by atoms with Crippen molar-refractivity contribution < 1.29 is 4.74 Å². The van der Waals surface area contributed by atoms with Crippen LogP contribution < -0.4 is 5.56 Å². The quantitative estimate of drug-likeness (QED) is 0.919. The lowest BCUT2D eigenvalue weighted by Crippen LogP contribution is -2.27. The number of aromatic nitrogens is 2. The number of rotatable bonds is 4. The zero-order chi connectivity index (χ0) is 14.2. The highest BCUT2D eigenvalue weighted by molar-refractivity contribution is 9.10. The molecule has 4 nitrogen and oxygen atoms in total. The Bertz CT molecular complexity index is 515. The molecule has 0 aliphatic heterocycles. The Morgan fingerprint density at radius 3 is 2.58 bits per heavy atom. The third-order valence-corrected chi connectivity index (χ3v) is 4.01. The fraction of sp³-hybridized carbons (Fsp3) is 0.714. The minimum Gasteiger partial charge on any atom is -0.370 e. The van der Waals surface area contributed by atoms with Gasteiger partial charge in [0.1, 0.15) is 16.4 Å². The van der Waals surface area contributed by atoms with E-state index in [0.29, 0.717) is 22.8 Å². The van der Waals surface area contributed by atoms with Crippen molar-refractivity contribution in [3.05, 3.63) is 26.3 Å². The number of H-pyrrole nitrogens is 1. The Balaban J connectivity index is 2.45. The molecule has 2 rings (SSSR count). The number of aromatic amines is 1. The van der Waals surface area contributed by atoms with E-state index in [9.17, 15) is 4.79 Å². The third kappa shape index (κ3) is 3.26.